The molecule has 1 fully saturated rings. The molecule has 14 heteroatoms. The normalized spacial score (nSPS) is 20.2. The van der Waals surface area contributed by atoms with Crippen molar-refractivity contribution in [2.45, 2.75) is 60.0 Å². The second kappa shape index (κ2) is 15.0. The molecular weight excluding hydrogens is 650 g/mol. The lowest BCUT2D eigenvalue weighted by atomic mass is 9.75. The molecule has 1 saturated carbocycles. The van der Waals surface area contributed by atoms with Crippen LogP contribution in [0, 0.1) is 37.2 Å². The van der Waals surface area contributed by atoms with Gasteiger partial charge in [0.05, 0.1) is 31.9 Å². The van der Waals surface area contributed by atoms with Gasteiger partial charge >= 0.3 is 23.2 Å². The molecule has 5 rings (SSSR count). The van der Waals surface area contributed by atoms with Gasteiger partial charge in [-0.15, -0.1) is 0 Å². The highest BCUT2D eigenvalue weighted by Gasteiger charge is 2.35. The van der Waals surface area contributed by atoms with Crippen LogP contribution in [0.4, 0.5) is 11.4 Å². The third-order valence-electron chi connectivity index (χ3n) is 8.80. The van der Waals surface area contributed by atoms with E-state index in [0.29, 0.717) is 34.5 Å². The van der Waals surface area contributed by atoms with Gasteiger partial charge in [-0.3, -0.25) is 19.1 Å². The van der Waals surface area contributed by atoms with E-state index < -0.39 is 29.1 Å². The number of esters is 1. The fourth-order valence-electron chi connectivity index (χ4n) is 6.34. The summed E-state index contributed by atoms with van der Waals surface area (Å²) < 4.78 is 40.6. The Balaban J connectivity index is 1.36. The van der Waals surface area contributed by atoms with Crippen molar-refractivity contribution in [2.24, 2.45) is 23.7 Å². The third kappa shape index (κ3) is 8.00. The average molecular weight is 692 g/mol. The second-order valence-corrected chi connectivity index (χ2v) is 13.7. The number of hydrogen-bond acceptors (Lipinski definition) is 8. The lowest BCUT2D eigenvalue weighted by Crippen LogP contribution is -2.37. The first kappa shape index (κ1) is 35.3. The fourth-order valence-corrected chi connectivity index (χ4v) is 7.01. The van der Waals surface area contributed by atoms with E-state index in [4.69, 9.17) is 30.1 Å². The molecule has 0 spiro atoms. The molecule has 3 N–H and O–H groups in total. The summed E-state index contributed by atoms with van der Waals surface area (Å²) in [4.78, 5) is 32.9. The standard InChI is InChI=1S/C35H41N5O8S/c1-19-8-10-28(46-13-12-21(3)34(41)42)29(16-19)48-49(44)39-25-17-24(9-11-27(25)45-7)32-37-33-30(26(36-6)18-40(33)38-32)35(43)47-31-22(4)14-20(2)15-23(31)5/h8-11,16-18,20-23,31,39H,12-15H2,1-5,7H3,(H,37,38)(H,41,42). The topological polar surface area (TPSA) is 158 Å². The number of fused-ring (bicyclic) bond motifs is 1. The van der Waals surface area contributed by atoms with Crippen molar-refractivity contribution >= 4 is 40.2 Å². The van der Waals surface area contributed by atoms with Crippen molar-refractivity contribution in [1.82, 2.24) is 14.6 Å². The number of methoxy groups -OCH3 is 1. The number of nitrogens with zero attached hydrogens (tertiary/aromatic N) is 3. The lowest BCUT2D eigenvalue weighted by Gasteiger charge is -2.37. The first-order valence-electron chi connectivity index (χ1n) is 16.1. The van der Waals surface area contributed by atoms with E-state index in [9.17, 15) is 13.8 Å². The number of carboxylic acid groups (broad SMARTS) is 1. The predicted octanol–water partition coefficient (Wildman–Crippen LogP) is 6.98. The minimum atomic E-state index is -2.11. The molecule has 4 atom stereocenters. The van der Waals surface area contributed by atoms with Crippen molar-refractivity contribution in [1.29, 1.82) is 0 Å². The molecule has 0 saturated heterocycles. The number of carbonyl (C=O) groups is 2. The number of hydrogen-bond donors (Lipinski definition) is 3. The van der Waals surface area contributed by atoms with Crippen LogP contribution < -0.4 is 18.4 Å². The van der Waals surface area contributed by atoms with Crippen LogP contribution in [0.2, 0.25) is 0 Å². The molecular formula is C35H41N5O8S. The monoisotopic (exact) mass is 691 g/mol. The Labute approximate surface area is 287 Å². The Morgan fingerprint density at radius 2 is 1.86 bits per heavy atom. The van der Waals surface area contributed by atoms with E-state index in [1.165, 1.54) is 17.8 Å². The SMILES string of the molecule is [C-]#[N+]c1cn2[nH]c(-c3ccc(OC)c(NS(=O)Oc4cc(C)ccc4OCCC(C)C(=O)O)c3)nc2c1C(=O)OC1C(C)CC(C)CC1C. The van der Waals surface area contributed by atoms with E-state index >= 15 is 0 Å². The van der Waals surface area contributed by atoms with Crippen LogP contribution in [0.3, 0.4) is 0 Å². The van der Waals surface area contributed by atoms with Gasteiger partial charge in [0.1, 0.15) is 17.4 Å². The highest BCUT2D eigenvalue weighted by atomic mass is 32.2. The first-order valence-corrected chi connectivity index (χ1v) is 17.2. The number of aromatic nitrogens is 3. The minimum Gasteiger partial charge on any atom is -0.495 e. The number of benzene rings is 2. The van der Waals surface area contributed by atoms with E-state index in [-0.39, 0.29) is 53.6 Å². The van der Waals surface area contributed by atoms with Gasteiger partial charge in [-0.1, -0.05) is 33.8 Å². The number of aryl methyl sites for hydroxylation is 1. The first-order chi connectivity index (χ1) is 23.4. The van der Waals surface area contributed by atoms with Crippen molar-refractivity contribution in [3.05, 3.63) is 65.1 Å². The van der Waals surface area contributed by atoms with Crippen LogP contribution in [0.25, 0.3) is 21.9 Å². The molecule has 0 aliphatic heterocycles. The summed E-state index contributed by atoms with van der Waals surface area (Å²) >= 11 is -2.11. The summed E-state index contributed by atoms with van der Waals surface area (Å²) in [6, 6.07) is 10.2. The van der Waals surface area contributed by atoms with E-state index in [2.05, 4.69) is 40.4 Å². The molecule has 1 aliphatic rings. The Bertz CT molecular complexity index is 1900. The molecule has 1 aliphatic carbocycles. The number of carbonyl (C=O) groups excluding carboxylic acids is 1. The minimum absolute atomic E-state index is 0.102. The Kier molecular flexibility index (Phi) is 10.8. The molecule has 2 heterocycles. The van der Waals surface area contributed by atoms with Crippen LogP contribution in [-0.2, 0) is 20.8 Å². The quantitative estimate of drug-likeness (QED) is 0.0993. The molecule has 2 aromatic heterocycles. The number of H-pyrrole nitrogens is 1. The third-order valence-corrected chi connectivity index (χ3v) is 9.52. The summed E-state index contributed by atoms with van der Waals surface area (Å²) in [5, 5.41) is 12.3. The highest BCUT2D eigenvalue weighted by Crippen LogP contribution is 2.37. The number of rotatable bonds is 13. The summed E-state index contributed by atoms with van der Waals surface area (Å²) in [5.74, 6) is 0.180. The Morgan fingerprint density at radius 1 is 1.14 bits per heavy atom. The molecule has 13 nitrogen and oxygen atoms in total. The maximum absolute atomic E-state index is 13.5. The van der Waals surface area contributed by atoms with Gasteiger partial charge in [-0.2, -0.15) is 4.21 Å². The van der Waals surface area contributed by atoms with Gasteiger partial charge in [0.15, 0.2) is 23.0 Å². The van der Waals surface area contributed by atoms with Gasteiger partial charge in [0.2, 0.25) is 5.69 Å². The number of aliphatic carboxylic acids is 1. The van der Waals surface area contributed by atoms with Gasteiger partial charge in [-0.25, -0.2) is 14.6 Å². The maximum atomic E-state index is 13.5. The number of anilines is 1. The van der Waals surface area contributed by atoms with E-state index in [0.717, 1.165) is 18.4 Å². The zero-order chi connectivity index (χ0) is 35.4. The Morgan fingerprint density at radius 3 is 2.53 bits per heavy atom. The molecule has 260 valence electrons. The molecule has 49 heavy (non-hydrogen) atoms. The molecule has 0 amide bonds. The van der Waals surface area contributed by atoms with Crippen LogP contribution >= 0.6 is 0 Å². The maximum Gasteiger partial charge on any atom is 0.331 e. The van der Waals surface area contributed by atoms with Crippen LogP contribution in [-0.4, -0.2) is 55.7 Å². The highest BCUT2D eigenvalue weighted by molar-refractivity contribution is 7.82. The van der Waals surface area contributed by atoms with Crippen molar-refractivity contribution < 1.29 is 37.3 Å². The van der Waals surface area contributed by atoms with E-state index in [1.807, 2.05) is 6.92 Å². The molecule has 4 unspecified atom stereocenters. The molecule has 2 aromatic carbocycles. The number of carboxylic acids is 1. The Hall–Kier alpha value is -5.03. The van der Waals surface area contributed by atoms with Gasteiger partial charge in [0.25, 0.3) is 0 Å². The van der Waals surface area contributed by atoms with Gasteiger partial charge in [0, 0.05) is 11.8 Å². The van der Waals surface area contributed by atoms with Gasteiger partial charge < -0.3 is 23.5 Å². The number of nitrogens with one attached hydrogen (secondary N) is 2. The molecule has 4 aromatic rings. The lowest BCUT2D eigenvalue weighted by molar-refractivity contribution is -0.141. The molecule has 0 bridgehead atoms. The summed E-state index contributed by atoms with van der Waals surface area (Å²) in [7, 11) is 1.48. The summed E-state index contributed by atoms with van der Waals surface area (Å²) in [6.45, 7) is 17.6. The van der Waals surface area contributed by atoms with Crippen molar-refractivity contribution in [3.8, 4) is 28.6 Å². The van der Waals surface area contributed by atoms with Crippen LogP contribution in [0.1, 0.15) is 62.9 Å². The number of ether oxygens (including phenoxy) is 3. The van der Waals surface area contributed by atoms with Gasteiger partial charge in [-0.05, 0) is 79.8 Å². The number of aromatic amines is 1. The largest absolute Gasteiger partial charge is 0.495 e. The summed E-state index contributed by atoms with van der Waals surface area (Å²) in [5.41, 5.74) is 2.25. The van der Waals surface area contributed by atoms with E-state index in [1.54, 1.807) is 43.3 Å². The van der Waals surface area contributed by atoms with Crippen molar-refractivity contribution in [3.63, 3.8) is 0 Å². The smallest absolute Gasteiger partial charge is 0.331 e. The predicted molar refractivity (Wildman–Crippen MR) is 184 cm³/mol. The molecule has 0 radical (unpaired) electrons. The van der Waals surface area contributed by atoms with Crippen LogP contribution in [0.15, 0.2) is 42.6 Å². The van der Waals surface area contributed by atoms with Crippen LogP contribution in [0.5, 0.6) is 17.2 Å². The van der Waals surface area contributed by atoms with Crippen molar-refractivity contribution in [2.75, 3.05) is 18.4 Å². The zero-order valence-electron chi connectivity index (χ0n) is 28.3. The second-order valence-electron chi connectivity index (χ2n) is 12.8. The fraction of sp³-hybridized carbons (Fsp3) is 0.429. The summed E-state index contributed by atoms with van der Waals surface area (Å²) in [6.07, 6.45) is 3.48. The zero-order valence-corrected chi connectivity index (χ0v) is 29.1. The average Bonchev–Trinajstić information content (AvgIpc) is 3.61.